The fourth-order valence-corrected chi connectivity index (χ4v) is 3.14. The Morgan fingerprint density at radius 2 is 1.65 bits per heavy atom. The predicted octanol–water partition coefficient (Wildman–Crippen LogP) is 4.40. The van der Waals surface area contributed by atoms with Gasteiger partial charge in [0.2, 0.25) is 5.75 Å². The monoisotopic (exact) mass is 421 g/mol. The normalized spacial score (nSPS) is 10.3. The largest absolute Gasteiger partial charge is 0.493 e. The van der Waals surface area contributed by atoms with Crippen molar-refractivity contribution in [2.75, 3.05) is 38.5 Å². The Balaban J connectivity index is 1.56. The van der Waals surface area contributed by atoms with Crippen LogP contribution in [0.3, 0.4) is 0 Å². The number of aryl methyl sites for hydroxylation is 1. The lowest BCUT2D eigenvalue weighted by Crippen LogP contribution is -2.13. The number of hydrogen-bond acceptors (Lipinski definition) is 6. The molecule has 0 bridgehead atoms. The molecule has 0 radical (unpaired) electrons. The van der Waals surface area contributed by atoms with Gasteiger partial charge < -0.3 is 24.8 Å². The highest BCUT2D eigenvalue weighted by atomic mass is 16.5. The van der Waals surface area contributed by atoms with Crippen LogP contribution in [0, 0.1) is 0 Å². The third kappa shape index (κ3) is 5.88. The number of carbonyl (C=O) groups is 1. The molecule has 0 unspecified atom stereocenters. The van der Waals surface area contributed by atoms with Gasteiger partial charge >= 0.3 is 0 Å². The number of amides is 1. The SMILES string of the molecule is COc1cc(C(=O)Nc2ccc(NCCCc3ccccc3)nc2)cc(OC)c1OC. The van der Waals surface area contributed by atoms with E-state index in [-0.39, 0.29) is 5.91 Å². The third-order valence-electron chi connectivity index (χ3n) is 4.74. The highest BCUT2D eigenvalue weighted by molar-refractivity contribution is 6.05. The molecule has 0 aliphatic carbocycles. The van der Waals surface area contributed by atoms with Gasteiger partial charge in [0.05, 0.1) is 33.2 Å². The minimum absolute atomic E-state index is 0.301. The van der Waals surface area contributed by atoms with Crippen molar-refractivity contribution in [3.8, 4) is 17.2 Å². The van der Waals surface area contributed by atoms with Crippen LogP contribution in [0.2, 0.25) is 0 Å². The molecule has 7 nitrogen and oxygen atoms in total. The molecule has 0 saturated carbocycles. The number of nitrogens with zero attached hydrogens (tertiary/aromatic N) is 1. The molecular formula is C24H27N3O4. The number of hydrogen-bond donors (Lipinski definition) is 2. The van der Waals surface area contributed by atoms with Gasteiger partial charge in [-0.25, -0.2) is 4.98 Å². The Hall–Kier alpha value is -3.74. The zero-order valence-electron chi connectivity index (χ0n) is 18.0. The Labute approximate surface area is 182 Å². The van der Waals surface area contributed by atoms with Crippen LogP contribution in [0.25, 0.3) is 0 Å². The Bertz CT molecular complexity index is 966. The van der Waals surface area contributed by atoms with E-state index in [0.29, 0.717) is 28.5 Å². The summed E-state index contributed by atoms with van der Waals surface area (Å²) in [4.78, 5) is 17.0. The number of methoxy groups -OCH3 is 3. The van der Waals surface area contributed by atoms with E-state index >= 15 is 0 Å². The molecule has 2 N–H and O–H groups in total. The first kappa shape index (κ1) is 22.0. The summed E-state index contributed by atoms with van der Waals surface area (Å²) in [5.41, 5.74) is 2.30. The van der Waals surface area contributed by atoms with Gasteiger partial charge in [-0.1, -0.05) is 30.3 Å². The minimum Gasteiger partial charge on any atom is -0.493 e. The van der Waals surface area contributed by atoms with Crippen LogP contribution in [-0.4, -0.2) is 38.8 Å². The molecule has 0 saturated heterocycles. The lowest BCUT2D eigenvalue weighted by molar-refractivity contribution is 0.102. The molecular weight excluding hydrogens is 394 g/mol. The summed E-state index contributed by atoms with van der Waals surface area (Å²) >= 11 is 0. The molecule has 162 valence electrons. The fourth-order valence-electron chi connectivity index (χ4n) is 3.14. The number of nitrogens with one attached hydrogen (secondary N) is 2. The van der Waals surface area contributed by atoms with Crippen molar-refractivity contribution in [1.29, 1.82) is 0 Å². The molecule has 1 heterocycles. The Morgan fingerprint density at radius 3 is 2.23 bits per heavy atom. The van der Waals surface area contributed by atoms with Crippen LogP contribution in [-0.2, 0) is 6.42 Å². The molecule has 3 aromatic rings. The number of pyridine rings is 1. The van der Waals surface area contributed by atoms with Crippen LogP contribution in [0.5, 0.6) is 17.2 Å². The van der Waals surface area contributed by atoms with Gasteiger partial charge in [-0.2, -0.15) is 0 Å². The van der Waals surface area contributed by atoms with Gasteiger partial charge in [0.25, 0.3) is 5.91 Å². The van der Waals surface area contributed by atoms with Crippen molar-refractivity contribution in [2.45, 2.75) is 12.8 Å². The summed E-state index contributed by atoms with van der Waals surface area (Å²) in [6.45, 7) is 0.818. The van der Waals surface area contributed by atoms with Gasteiger partial charge in [0.1, 0.15) is 5.82 Å². The summed E-state index contributed by atoms with van der Waals surface area (Å²) in [6.07, 6.45) is 3.64. The van der Waals surface area contributed by atoms with Gasteiger partial charge in [0, 0.05) is 12.1 Å². The second kappa shape index (κ2) is 10.9. The number of aromatic nitrogens is 1. The number of ether oxygens (including phenoxy) is 3. The number of benzene rings is 2. The van der Waals surface area contributed by atoms with E-state index in [9.17, 15) is 4.79 Å². The van der Waals surface area contributed by atoms with E-state index in [2.05, 4.69) is 39.9 Å². The molecule has 2 aromatic carbocycles. The molecule has 1 amide bonds. The zero-order chi connectivity index (χ0) is 22.1. The summed E-state index contributed by atoms with van der Waals surface area (Å²) in [7, 11) is 4.53. The van der Waals surface area contributed by atoms with E-state index in [0.717, 1.165) is 25.2 Å². The van der Waals surface area contributed by atoms with Crippen molar-refractivity contribution in [1.82, 2.24) is 4.98 Å². The molecule has 0 aliphatic heterocycles. The molecule has 0 spiro atoms. The Kier molecular flexibility index (Phi) is 7.70. The fraction of sp³-hybridized carbons (Fsp3) is 0.250. The van der Waals surface area contributed by atoms with E-state index in [1.165, 1.54) is 26.9 Å². The van der Waals surface area contributed by atoms with E-state index in [1.54, 1.807) is 18.3 Å². The van der Waals surface area contributed by atoms with E-state index in [1.807, 2.05) is 18.2 Å². The number of anilines is 2. The maximum atomic E-state index is 12.7. The Morgan fingerprint density at radius 1 is 0.935 bits per heavy atom. The van der Waals surface area contributed by atoms with E-state index in [4.69, 9.17) is 14.2 Å². The average molecular weight is 421 g/mol. The summed E-state index contributed by atoms with van der Waals surface area (Å²) in [5, 5.41) is 6.13. The van der Waals surface area contributed by atoms with Crippen LogP contribution < -0.4 is 24.8 Å². The summed E-state index contributed by atoms with van der Waals surface area (Å²) in [5.74, 6) is 1.73. The zero-order valence-corrected chi connectivity index (χ0v) is 18.0. The lowest BCUT2D eigenvalue weighted by atomic mass is 10.1. The van der Waals surface area contributed by atoms with Crippen molar-refractivity contribution in [3.63, 3.8) is 0 Å². The van der Waals surface area contributed by atoms with Crippen molar-refractivity contribution < 1.29 is 19.0 Å². The second-order valence-electron chi connectivity index (χ2n) is 6.82. The predicted molar refractivity (Wildman–Crippen MR) is 122 cm³/mol. The van der Waals surface area contributed by atoms with Gasteiger partial charge in [0.15, 0.2) is 11.5 Å². The van der Waals surface area contributed by atoms with Crippen molar-refractivity contribution >= 4 is 17.4 Å². The molecule has 31 heavy (non-hydrogen) atoms. The minimum atomic E-state index is -0.301. The average Bonchev–Trinajstić information content (AvgIpc) is 2.82. The van der Waals surface area contributed by atoms with Crippen LogP contribution in [0.15, 0.2) is 60.8 Å². The third-order valence-corrected chi connectivity index (χ3v) is 4.74. The molecule has 0 fully saturated rings. The highest BCUT2D eigenvalue weighted by Gasteiger charge is 2.17. The first-order valence-corrected chi connectivity index (χ1v) is 9.99. The van der Waals surface area contributed by atoms with Crippen molar-refractivity contribution in [2.24, 2.45) is 0 Å². The van der Waals surface area contributed by atoms with E-state index < -0.39 is 0 Å². The molecule has 7 heteroatoms. The molecule has 3 rings (SSSR count). The topological polar surface area (TPSA) is 81.7 Å². The molecule has 0 aliphatic rings. The number of rotatable bonds is 10. The summed E-state index contributed by atoms with van der Waals surface area (Å²) in [6, 6.07) is 17.2. The highest BCUT2D eigenvalue weighted by Crippen LogP contribution is 2.38. The van der Waals surface area contributed by atoms with Gasteiger partial charge in [-0.3, -0.25) is 4.79 Å². The first-order valence-electron chi connectivity index (χ1n) is 9.99. The molecule has 1 aromatic heterocycles. The van der Waals surface area contributed by atoms with Crippen molar-refractivity contribution in [3.05, 3.63) is 71.9 Å². The quantitative estimate of drug-likeness (QED) is 0.472. The van der Waals surface area contributed by atoms with Crippen LogP contribution in [0.1, 0.15) is 22.3 Å². The van der Waals surface area contributed by atoms with Gasteiger partial charge in [-0.05, 0) is 42.7 Å². The molecule has 0 atom stereocenters. The maximum Gasteiger partial charge on any atom is 0.255 e. The van der Waals surface area contributed by atoms with Crippen LogP contribution in [0.4, 0.5) is 11.5 Å². The van der Waals surface area contributed by atoms with Gasteiger partial charge in [-0.15, -0.1) is 0 Å². The maximum absolute atomic E-state index is 12.7. The lowest BCUT2D eigenvalue weighted by Gasteiger charge is -2.14. The van der Waals surface area contributed by atoms with Crippen LogP contribution >= 0.6 is 0 Å². The second-order valence-corrected chi connectivity index (χ2v) is 6.82. The summed E-state index contributed by atoms with van der Waals surface area (Å²) < 4.78 is 15.9. The first-order chi connectivity index (χ1) is 15.1. The smallest absolute Gasteiger partial charge is 0.255 e. The number of carbonyl (C=O) groups excluding carboxylic acids is 1. The standard InChI is InChI=1S/C24H27N3O4/c1-29-20-14-18(15-21(30-2)23(20)31-3)24(28)27-19-11-12-22(26-16-19)25-13-7-10-17-8-5-4-6-9-17/h4-6,8-9,11-12,14-16H,7,10,13H2,1-3H3,(H,25,26)(H,27,28).